The number of fused-ring (bicyclic) bond motifs is 1. The topological polar surface area (TPSA) is 67.6 Å². The Morgan fingerprint density at radius 3 is 2.76 bits per heavy atom. The van der Waals surface area contributed by atoms with Crippen molar-refractivity contribution in [1.29, 1.82) is 0 Å². The standard InChI is InChI=1S/C19H25N3O3/c1-18(24)19(10-5-2-6-11-19)25-17(23)22(18)13-7-12-21-14-20-15-8-3-4-9-16(15)21/h3-4,8-9,14,24H,2,5-7,10-13H2,1H3. The first-order valence-corrected chi connectivity index (χ1v) is 9.16. The van der Waals surface area contributed by atoms with E-state index in [9.17, 15) is 9.90 Å². The maximum Gasteiger partial charge on any atom is 0.412 e. The molecule has 4 rings (SSSR count). The number of aromatic nitrogens is 2. The highest BCUT2D eigenvalue weighted by Gasteiger charge is 2.61. The third-order valence-corrected chi connectivity index (χ3v) is 5.86. The van der Waals surface area contributed by atoms with Crippen molar-refractivity contribution in [2.45, 2.75) is 63.3 Å². The number of para-hydroxylation sites is 2. The lowest BCUT2D eigenvalue weighted by atomic mass is 9.77. The van der Waals surface area contributed by atoms with Gasteiger partial charge in [0.15, 0.2) is 11.3 Å². The number of carbonyl (C=O) groups excluding carboxylic acids is 1. The number of nitrogens with zero attached hydrogens (tertiary/aromatic N) is 3. The molecule has 2 heterocycles. The van der Waals surface area contributed by atoms with E-state index in [2.05, 4.69) is 9.55 Å². The number of benzene rings is 1. The first-order chi connectivity index (χ1) is 12.0. The number of rotatable bonds is 4. The molecule has 134 valence electrons. The van der Waals surface area contributed by atoms with Crippen molar-refractivity contribution in [1.82, 2.24) is 14.5 Å². The van der Waals surface area contributed by atoms with E-state index in [-0.39, 0.29) is 6.09 Å². The minimum atomic E-state index is -1.23. The summed E-state index contributed by atoms with van der Waals surface area (Å²) in [5.41, 5.74) is 0.0872. The van der Waals surface area contributed by atoms with Crippen LogP contribution in [-0.2, 0) is 11.3 Å². The van der Waals surface area contributed by atoms with E-state index >= 15 is 0 Å². The number of hydrogen-bond acceptors (Lipinski definition) is 4. The van der Waals surface area contributed by atoms with Crippen LogP contribution in [0.5, 0.6) is 0 Å². The number of amides is 1. The molecule has 1 aromatic carbocycles. The molecule has 2 aliphatic rings. The van der Waals surface area contributed by atoms with E-state index in [0.29, 0.717) is 6.54 Å². The van der Waals surface area contributed by atoms with Gasteiger partial charge in [-0.2, -0.15) is 0 Å². The van der Waals surface area contributed by atoms with Gasteiger partial charge in [0.25, 0.3) is 0 Å². The van der Waals surface area contributed by atoms with Crippen LogP contribution in [0, 0.1) is 0 Å². The van der Waals surface area contributed by atoms with Crippen molar-refractivity contribution in [2.75, 3.05) is 6.54 Å². The fourth-order valence-electron chi connectivity index (χ4n) is 4.34. The molecule has 1 aromatic heterocycles. The Labute approximate surface area is 147 Å². The summed E-state index contributed by atoms with van der Waals surface area (Å²) >= 11 is 0. The molecule has 1 spiro atoms. The zero-order chi connectivity index (χ0) is 17.5. The number of imidazole rings is 1. The van der Waals surface area contributed by atoms with Gasteiger partial charge in [-0.15, -0.1) is 0 Å². The Kier molecular flexibility index (Phi) is 3.95. The van der Waals surface area contributed by atoms with Crippen LogP contribution in [0.15, 0.2) is 30.6 Å². The largest absolute Gasteiger partial charge is 0.438 e. The lowest BCUT2D eigenvalue weighted by molar-refractivity contribution is -0.158. The first kappa shape index (κ1) is 16.4. The number of hydrogen-bond donors (Lipinski definition) is 1. The lowest BCUT2D eigenvalue weighted by Gasteiger charge is -2.42. The van der Waals surface area contributed by atoms with Crippen molar-refractivity contribution < 1.29 is 14.6 Å². The smallest absolute Gasteiger partial charge is 0.412 e. The average molecular weight is 343 g/mol. The van der Waals surface area contributed by atoms with Crippen molar-refractivity contribution >= 4 is 17.1 Å². The van der Waals surface area contributed by atoms with Gasteiger partial charge in [0.05, 0.1) is 17.4 Å². The molecule has 2 aromatic rings. The Hall–Kier alpha value is -2.08. The number of ether oxygens (including phenoxy) is 1. The minimum absolute atomic E-state index is 0.387. The second-order valence-corrected chi connectivity index (χ2v) is 7.38. The van der Waals surface area contributed by atoms with E-state index < -0.39 is 11.3 Å². The molecule has 1 N–H and O–H groups in total. The van der Waals surface area contributed by atoms with Gasteiger partial charge in [-0.3, -0.25) is 4.90 Å². The fourth-order valence-corrected chi connectivity index (χ4v) is 4.34. The predicted octanol–water partition coefficient (Wildman–Crippen LogP) is 3.29. The van der Waals surface area contributed by atoms with E-state index in [1.165, 1.54) is 4.90 Å². The molecular formula is C19H25N3O3. The Balaban J connectivity index is 1.44. The van der Waals surface area contributed by atoms with E-state index in [1.807, 2.05) is 30.6 Å². The normalized spacial score (nSPS) is 25.7. The highest BCUT2D eigenvalue weighted by atomic mass is 16.6. The van der Waals surface area contributed by atoms with Crippen LogP contribution < -0.4 is 0 Å². The molecule has 1 unspecified atom stereocenters. The number of carbonyl (C=O) groups is 1. The third kappa shape index (κ3) is 2.59. The van der Waals surface area contributed by atoms with Crippen LogP contribution in [0.3, 0.4) is 0 Å². The highest BCUT2D eigenvalue weighted by Crippen LogP contribution is 2.46. The van der Waals surface area contributed by atoms with Gasteiger partial charge in [0.2, 0.25) is 0 Å². The van der Waals surface area contributed by atoms with Crippen LogP contribution >= 0.6 is 0 Å². The Morgan fingerprint density at radius 2 is 1.96 bits per heavy atom. The maximum atomic E-state index is 12.4. The zero-order valence-corrected chi connectivity index (χ0v) is 14.6. The molecule has 6 heteroatoms. The fraction of sp³-hybridized carbons (Fsp3) is 0.579. The van der Waals surface area contributed by atoms with Gasteiger partial charge in [0.1, 0.15) is 0 Å². The molecule has 6 nitrogen and oxygen atoms in total. The SMILES string of the molecule is CC1(O)N(CCCn2cnc3ccccc32)C(=O)OC12CCCCC2. The summed E-state index contributed by atoms with van der Waals surface area (Å²) in [6, 6.07) is 8.00. The molecule has 1 amide bonds. The second-order valence-electron chi connectivity index (χ2n) is 7.38. The number of aryl methyl sites for hydroxylation is 1. The van der Waals surface area contributed by atoms with E-state index in [4.69, 9.17) is 4.74 Å². The predicted molar refractivity (Wildman–Crippen MR) is 94.0 cm³/mol. The highest BCUT2D eigenvalue weighted by molar-refractivity contribution is 5.75. The monoisotopic (exact) mass is 343 g/mol. The Morgan fingerprint density at radius 1 is 1.20 bits per heavy atom. The van der Waals surface area contributed by atoms with Gasteiger partial charge >= 0.3 is 6.09 Å². The summed E-state index contributed by atoms with van der Waals surface area (Å²) in [6.45, 7) is 2.95. The van der Waals surface area contributed by atoms with Crippen molar-refractivity contribution in [3.63, 3.8) is 0 Å². The summed E-state index contributed by atoms with van der Waals surface area (Å²) in [7, 11) is 0. The number of aliphatic hydroxyl groups is 1. The maximum absolute atomic E-state index is 12.4. The minimum Gasteiger partial charge on any atom is -0.438 e. The van der Waals surface area contributed by atoms with Gasteiger partial charge in [0, 0.05) is 13.1 Å². The quantitative estimate of drug-likeness (QED) is 0.925. The van der Waals surface area contributed by atoms with Crippen molar-refractivity contribution in [2.24, 2.45) is 0 Å². The summed E-state index contributed by atoms with van der Waals surface area (Å²) in [5, 5.41) is 11.1. The zero-order valence-electron chi connectivity index (χ0n) is 14.6. The Bertz CT molecular complexity index is 777. The molecule has 1 aliphatic heterocycles. The van der Waals surface area contributed by atoms with E-state index in [0.717, 1.165) is 56.1 Å². The molecule has 25 heavy (non-hydrogen) atoms. The lowest BCUT2D eigenvalue weighted by Crippen LogP contribution is -2.57. The summed E-state index contributed by atoms with van der Waals surface area (Å²) in [5.74, 6) is 0. The van der Waals surface area contributed by atoms with Crippen LogP contribution in [0.25, 0.3) is 11.0 Å². The molecule has 1 saturated carbocycles. The van der Waals surface area contributed by atoms with Crippen LogP contribution in [0.1, 0.15) is 45.4 Å². The molecule has 1 saturated heterocycles. The molecular weight excluding hydrogens is 318 g/mol. The average Bonchev–Trinajstić information content (AvgIpc) is 3.09. The van der Waals surface area contributed by atoms with Crippen LogP contribution in [0.4, 0.5) is 4.79 Å². The third-order valence-electron chi connectivity index (χ3n) is 5.86. The molecule has 0 bridgehead atoms. The first-order valence-electron chi connectivity index (χ1n) is 9.16. The van der Waals surface area contributed by atoms with Gasteiger partial charge in [-0.25, -0.2) is 9.78 Å². The summed E-state index contributed by atoms with van der Waals surface area (Å²) in [6.07, 6.45) is 6.81. The second kappa shape index (κ2) is 6.02. The summed E-state index contributed by atoms with van der Waals surface area (Å²) in [4.78, 5) is 18.3. The summed E-state index contributed by atoms with van der Waals surface area (Å²) < 4.78 is 7.78. The van der Waals surface area contributed by atoms with Crippen LogP contribution in [0.2, 0.25) is 0 Å². The molecule has 1 atom stereocenters. The molecule has 2 fully saturated rings. The van der Waals surface area contributed by atoms with Crippen LogP contribution in [-0.4, -0.2) is 43.5 Å². The van der Waals surface area contributed by atoms with Crippen molar-refractivity contribution in [3.05, 3.63) is 30.6 Å². The van der Waals surface area contributed by atoms with Gasteiger partial charge in [-0.05, 0) is 51.2 Å². The van der Waals surface area contributed by atoms with Gasteiger partial charge < -0.3 is 14.4 Å². The van der Waals surface area contributed by atoms with Crippen molar-refractivity contribution in [3.8, 4) is 0 Å². The van der Waals surface area contributed by atoms with Gasteiger partial charge in [-0.1, -0.05) is 18.6 Å². The molecule has 1 aliphatic carbocycles. The van der Waals surface area contributed by atoms with E-state index in [1.54, 1.807) is 6.92 Å². The molecule has 0 radical (unpaired) electrons.